The van der Waals surface area contributed by atoms with Crippen LogP contribution in [0.4, 0.5) is 0 Å². The Kier molecular flexibility index (Phi) is 3.97. The van der Waals surface area contributed by atoms with E-state index in [1.807, 2.05) is 31.2 Å². The molecule has 0 saturated carbocycles. The summed E-state index contributed by atoms with van der Waals surface area (Å²) >= 11 is 0. The number of hydrogen-bond donors (Lipinski definition) is 1. The van der Waals surface area contributed by atoms with Crippen molar-refractivity contribution in [2.75, 3.05) is 6.61 Å². The van der Waals surface area contributed by atoms with Crippen LogP contribution in [0.1, 0.15) is 42.9 Å². The molecule has 0 aromatic heterocycles. The molecule has 0 aliphatic carbocycles. The summed E-state index contributed by atoms with van der Waals surface area (Å²) in [7, 11) is 0. The predicted molar refractivity (Wildman–Crippen MR) is 64.3 cm³/mol. The summed E-state index contributed by atoms with van der Waals surface area (Å²) in [4.78, 5) is 0. The topological polar surface area (TPSA) is 29.5 Å². The SMILES string of the molecule is Cc1cccc(C(O)CC2CCCCO2)c1. The second-order valence-electron chi connectivity index (χ2n) is 4.65. The third kappa shape index (κ3) is 3.06. The lowest BCUT2D eigenvalue weighted by atomic mass is 9.98. The molecular formula is C14H20O2. The van der Waals surface area contributed by atoms with Gasteiger partial charge in [-0.25, -0.2) is 0 Å². The first-order chi connectivity index (χ1) is 7.75. The van der Waals surface area contributed by atoms with Crippen LogP contribution in [0.15, 0.2) is 24.3 Å². The molecular weight excluding hydrogens is 200 g/mol. The van der Waals surface area contributed by atoms with Crippen molar-refractivity contribution in [2.24, 2.45) is 0 Å². The van der Waals surface area contributed by atoms with Gasteiger partial charge in [-0.05, 0) is 31.7 Å². The van der Waals surface area contributed by atoms with Crippen molar-refractivity contribution >= 4 is 0 Å². The maximum atomic E-state index is 10.1. The first kappa shape index (κ1) is 11.6. The average Bonchev–Trinajstić information content (AvgIpc) is 2.30. The molecule has 1 heterocycles. The molecule has 2 nitrogen and oxygen atoms in total. The van der Waals surface area contributed by atoms with Gasteiger partial charge >= 0.3 is 0 Å². The molecule has 0 bridgehead atoms. The third-order valence-corrected chi connectivity index (χ3v) is 3.19. The monoisotopic (exact) mass is 220 g/mol. The Morgan fingerprint density at radius 2 is 2.31 bits per heavy atom. The molecule has 1 aromatic carbocycles. The minimum atomic E-state index is -0.386. The van der Waals surface area contributed by atoms with E-state index in [1.54, 1.807) is 0 Å². The van der Waals surface area contributed by atoms with Crippen molar-refractivity contribution < 1.29 is 9.84 Å². The van der Waals surface area contributed by atoms with E-state index in [4.69, 9.17) is 4.74 Å². The number of benzene rings is 1. The normalized spacial score (nSPS) is 23.0. The Balaban J connectivity index is 1.94. The summed E-state index contributed by atoms with van der Waals surface area (Å²) in [6.45, 7) is 2.90. The predicted octanol–water partition coefficient (Wildman–Crippen LogP) is 2.99. The lowest BCUT2D eigenvalue weighted by Gasteiger charge is -2.25. The maximum absolute atomic E-state index is 10.1. The molecule has 16 heavy (non-hydrogen) atoms. The van der Waals surface area contributed by atoms with Gasteiger partial charge in [0.05, 0.1) is 12.2 Å². The smallest absolute Gasteiger partial charge is 0.0814 e. The second-order valence-corrected chi connectivity index (χ2v) is 4.65. The molecule has 2 rings (SSSR count). The van der Waals surface area contributed by atoms with E-state index in [0.29, 0.717) is 0 Å². The highest BCUT2D eigenvalue weighted by molar-refractivity contribution is 5.24. The van der Waals surface area contributed by atoms with Crippen molar-refractivity contribution in [2.45, 2.75) is 44.8 Å². The lowest BCUT2D eigenvalue weighted by molar-refractivity contribution is -0.0155. The quantitative estimate of drug-likeness (QED) is 0.848. The molecule has 0 amide bonds. The van der Waals surface area contributed by atoms with Crippen LogP contribution >= 0.6 is 0 Å². The highest BCUT2D eigenvalue weighted by Gasteiger charge is 2.18. The first-order valence-electron chi connectivity index (χ1n) is 6.12. The van der Waals surface area contributed by atoms with Gasteiger partial charge in [0, 0.05) is 13.0 Å². The highest BCUT2D eigenvalue weighted by Crippen LogP contribution is 2.25. The van der Waals surface area contributed by atoms with E-state index in [9.17, 15) is 5.11 Å². The number of aliphatic hydroxyl groups excluding tert-OH is 1. The highest BCUT2D eigenvalue weighted by atomic mass is 16.5. The molecule has 1 saturated heterocycles. The van der Waals surface area contributed by atoms with Crippen LogP contribution in [0.25, 0.3) is 0 Å². The van der Waals surface area contributed by atoms with Crippen LogP contribution in [-0.2, 0) is 4.74 Å². The molecule has 1 fully saturated rings. The van der Waals surface area contributed by atoms with Crippen molar-refractivity contribution in [3.8, 4) is 0 Å². The van der Waals surface area contributed by atoms with Gasteiger partial charge in [-0.2, -0.15) is 0 Å². The van der Waals surface area contributed by atoms with Crippen LogP contribution in [0.5, 0.6) is 0 Å². The van der Waals surface area contributed by atoms with Gasteiger partial charge in [0.2, 0.25) is 0 Å². The van der Waals surface area contributed by atoms with Gasteiger partial charge in [-0.1, -0.05) is 29.8 Å². The lowest BCUT2D eigenvalue weighted by Crippen LogP contribution is -2.21. The Bertz CT molecular complexity index is 329. The zero-order chi connectivity index (χ0) is 11.4. The number of rotatable bonds is 3. The minimum Gasteiger partial charge on any atom is -0.388 e. The zero-order valence-corrected chi connectivity index (χ0v) is 9.86. The van der Waals surface area contributed by atoms with E-state index in [1.165, 1.54) is 12.0 Å². The molecule has 1 aromatic rings. The molecule has 1 aliphatic rings. The zero-order valence-electron chi connectivity index (χ0n) is 9.86. The molecule has 2 heteroatoms. The Morgan fingerprint density at radius 1 is 1.44 bits per heavy atom. The summed E-state index contributed by atoms with van der Waals surface area (Å²) in [5.74, 6) is 0. The van der Waals surface area contributed by atoms with Crippen LogP contribution < -0.4 is 0 Å². The van der Waals surface area contributed by atoms with Crippen LogP contribution in [0.2, 0.25) is 0 Å². The van der Waals surface area contributed by atoms with E-state index in [2.05, 4.69) is 0 Å². The van der Waals surface area contributed by atoms with Crippen molar-refractivity contribution in [3.05, 3.63) is 35.4 Å². The van der Waals surface area contributed by atoms with E-state index in [-0.39, 0.29) is 12.2 Å². The van der Waals surface area contributed by atoms with Crippen LogP contribution in [0, 0.1) is 6.92 Å². The van der Waals surface area contributed by atoms with Crippen LogP contribution in [0.3, 0.4) is 0 Å². The number of aliphatic hydroxyl groups is 1. The van der Waals surface area contributed by atoms with Gasteiger partial charge in [0.25, 0.3) is 0 Å². The third-order valence-electron chi connectivity index (χ3n) is 3.19. The molecule has 2 atom stereocenters. The summed E-state index contributed by atoms with van der Waals surface area (Å²) in [6.07, 6.45) is 4.06. The van der Waals surface area contributed by atoms with E-state index >= 15 is 0 Å². The van der Waals surface area contributed by atoms with E-state index in [0.717, 1.165) is 31.4 Å². The van der Waals surface area contributed by atoms with Crippen molar-refractivity contribution in [3.63, 3.8) is 0 Å². The second kappa shape index (κ2) is 5.46. The molecule has 2 unspecified atom stereocenters. The van der Waals surface area contributed by atoms with Crippen molar-refractivity contribution in [1.82, 2.24) is 0 Å². The summed E-state index contributed by atoms with van der Waals surface area (Å²) in [5, 5.41) is 10.1. The van der Waals surface area contributed by atoms with Gasteiger partial charge < -0.3 is 9.84 Å². The standard InChI is InChI=1S/C14H20O2/c1-11-5-4-6-12(9-11)14(15)10-13-7-2-3-8-16-13/h4-6,9,13-15H,2-3,7-8,10H2,1H3. The summed E-state index contributed by atoms with van der Waals surface area (Å²) < 4.78 is 5.64. The summed E-state index contributed by atoms with van der Waals surface area (Å²) in [5.41, 5.74) is 2.20. The Morgan fingerprint density at radius 3 is 3.00 bits per heavy atom. The molecule has 0 radical (unpaired) electrons. The van der Waals surface area contributed by atoms with Gasteiger partial charge in [-0.15, -0.1) is 0 Å². The number of ether oxygens (including phenoxy) is 1. The molecule has 88 valence electrons. The fourth-order valence-corrected chi connectivity index (χ4v) is 2.26. The first-order valence-corrected chi connectivity index (χ1v) is 6.12. The summed E-state index contributed by atoms with van der Waals surface area (Å²) in [6, 6.07) is 8.08. The molecule has 0 spiro atoms. The number of aryl methyl sites for hydroxylation is 1. The average molecular weight is 220 g/mol. The van der Waals surface area contributed by atoms with Gasteiger partial charge in [0.15, 0.2) is 0 Å². The van der Waals surface area contributed by atoms with Gasteiger partial charge in [0.1, 0.15) is 0 Å². The van der Waals surface area contributed by atoms with E-state index < -0.39 is 0 Å². The molecule has 1 N–H and O–H groups in total. The van der Waals surface area contributed by atoms with Gasteiger partial charge in [-0.3, -0.25) is 0 Å². The Hall–Kier alpha value is -0.860. The fourth-order valence-electron chi connectivity index (χ4n) is 2.26. The van der Waals surface area contributed by atoms with Crippen LogP contribution in [-0.4, -0.2) is 17.8 Å². The fraction of sp³-hybridized carbons (Fsp3) is 0.571. The largest absolute Gasteiger partial charge is 0.388 e. The molecule has 1 aliphatic heterocycles. The Labute approximate surface area is 97.3 Å². The van der Waals surface area contributed by atoms with Crippen molar-refractivity contribution in [1.29, 1.82) is 0 Å². The number of hydrogen-bond acceptors (Lipinski definition) is 2. The maximum Gasteiger partial charge on any atom is 0.0814 e. The minimum absolute atomic E-state index is 0.240.